The number of rotatable bonds is 7. The van der Waals surface area contributed by atoms with E-state index in [1.807, 2.05) is 0 Å². The van der Waals surface area contributed by atoms with Crippen molar-refractivity contribution in [3.05, 3.63) is 50.3 Å². The van der Waals surface area contributed by atoms with Crippen molar-refractivity contribution in [3.8, 4) is 0 Å². The van der Waals surface area contributed by atoms with Crippen LogP contribution in [0.2, 0.25) is 0 Å². The Balaban J connectivity index is 1.25. The molecule has 7 heteroatoms. The van der Waals surface area contributed by atoms with Crippen molar-refractivity contribution < 1.29 is 9.59 Å². The zero-order chi connectivity index (χ0) is 22.7. The number of anilines is 3. The summed E-state index contributed by atoms with van der Waals surface area (Å²) in [6.07, 6.45) is 6.71. The van der Waals surface area contributed by atoms with Gasteiger partial charge in [-0.3, -0.25) is 19.2 Å². The van der Waals surface area contributed by atoms with E-state index >= 15 is 0 Å². The number of piperidine rings is 1. The van der Waals surface area contributed by atoms with Crippen LogP contribution in [-0.2, 0) is 4.79 Å². The Morgan fingerprint density at radius 2 is 1.59 bits per heavy atom. The first kappa shape index (κ1) is 22.2. The highest BCUT2D eigenvalue weighted by Gasteiger charge is 2.29. The average molecular weight is 438 g/mol. The van der Waals surface area contributed by atoms with Crippen LogP contribution in [0.3, 0.4) is 0 Å². The number of nitrogens with zero attached hydrogens (tertiary/aromatic N) is 1. The van der Waals surface area contributed by atoms with Crippen LogP contribution in [0.25, 0.3) is 0 Å². The van der Waals surface area contributed by atoms with Crippen LogP contribution in [0.1, 0.15) is 62.2 Å². The first-order valence-electron chi connectivity index (χ1n) is 11.7. The van der Waals surface area contributed by atoms with E-state index in [4.69, 9.17) is 0 Å². The summed E-state index contributed by atoms with van der Waals surface area (Å²) in [6, 6.07) is 6.96. The highest BCUT2D eigenvalue weighted by molar-refractivity contribution is 5.96. The predicted molar refractivity (Wildman–Crippen MR) is 126 cm³/mol. The second kappa shape index (κ2) is 9.67. The number of amides is 1. The lowest BCUT2D eigenvalue weighted by molar-refractivity contribution is -0.121. The Labute approximate surface area is 187 Å². The van der Waals surface area contributed by atoms with Crippen molar-refractivity contribution in [2.75, 3.05) is 35.2 Å². The van der Waals surface area contributed by atoms with Gasteiger partial charge in [-0.05, 0) is 82.1 Å². The van der Waals surface area contributed by atoms with Gasteiger partial charge in [-0.15, -0.1) is 0 Å². The van der Waals surface area contributed by atoms with Crippen molar-refractivity contribution in [2.45, 2.75) is 51.9 Å². The van der Waals surface area contributed by atoms with Gasteiger partial charge in [0.15, 0.2) is 5.78 Å². The minimum absolute atomic E-state index is 0.00147. The van der Waals surface area contributed by atoms with Crippen molar-refractivity contribution in [2.24, 2.45) is 11.8 Å². The van der Waals surface area contributed by atoms with Gasteiger partial charge in [-0.1, -0.05) is 0 Å². The molecule has 1 amide bonds. The SMILES string of the molecule is CC(=O)c1ccc(NC(=O)C2CCC(CNc3c(N4CCCCC4)c(=O)c3=O)CC2)cc1. The minimum atomic E-state index is -0.394. The van der Waals surface area contributed by atoms with Crippen LogP contribution in [0.15, 0.2) is 33.9 Å². The quantitative estimate of drug-likeness (QED) is 0.510. The van der Waals surface area contributed by atoms with E-state index in [1.165, 1.54) is 13.3 Å². The molecule has 170 valence electrons. The molecule has 1 heterocycles. The standard InChI is InChI=1S/C25H31N3O4/c1-16(29)18-9-11-20(12-10-18)27-25(32)19-7-5-17(6-8-19)15-26-21-22(24(31)23(21)30)28-13-3-2-4-14-28/h9-12,17,19,26H,2-8,13-15H2,1H3,(H,27,32). The second-order valence-electron chi connectivity index (χ2n) is 9.15. The number of benzene rings is 1. The Bertz CT molecular complexity index is 1040. The first-order valence-corrected chi connectivity index (χ1v) is 11.7. The van der Waals surface area contributed by atoms with Gasteiger partial charge in [-0.2, -0.15) is 0 Å². The highest BCUT2D eigenvalue weighted by atomic mass is 16.2. The number of carbonyl (C=O) groups excluding carboxylic acids is 2. The van der Waals surface area contributed by atoms with Crippen LogP contribution in [0, 0.1) is 11.8 Å². The van der Waals surface area contributed by atoms with Crippen molar-refractivity contribution in [1.82, 2.24) is 0 Å². The van der Waals surface area contributed by atoms with Crippen LogP contribution in [-0.4, -0.2) is 31.3 Å². The maximum absolute atomic E-state index is 12.6. The third-order valence-corrected chi connectivity index (χ3v) is 6.90. The van der Waals surface area contributed by atoms with Crippen LogP contribution in [0.4, 0.5) is 17.1 Å². The van der Waals surface area contributed by atoms with Crippen molar-refractivity contribution >= 4 is 28.8 Å². The molecule has 0 unspecified atom stereocenters. The van der Waals surface area contributed by atoms with Gasteiger partial charge in [0.25, 0.3) is 10.9 Å². The number of hydrogen-bond acceptors (Lipinski definition) is 6. The maximum Gasteiger partial charge on any atom is 0.253 e. The van der Waals surface area contributed by atoms with Crippen molar-refractivity contribution in [3.63, 3.8) is 0 Å². The smallest absolute Gasteiger partial charge is 0.253 e. The fraction of sp³-hybridized carbons (Fsp3) is 0.520. The second-order valence-corrected chi connectivity index (χ2v) is 9.15. The van der Waals surface area contributed by atoms with Crippen molar-refractivity contribution in [1.29, 1.82) is 0 Å². The molecule has 2 aromatic carbocycles. The summed E-state index contributed by atoms with van der Waals surface area (Å²) in [5.41, 5.74) is 1.65. The number of carbonyl (C=O) groups is 2. The zero-order valence-electron chi connectivity index (χ0n) is 18.6. The molecule has 1 aliphatic carbocycles. The minimum Gasteiger partial charge on any atom is -0.380 e. The lowest BCUT2D eigenvalue weighted by atomic mass is 9.81. The number of hydrogen-bond donors (Lipinski definition) is 2. The number of Topliss-reactive ketones (excluding diaryl/α,β-unsaturated/α-hetero) is 1. The van der Waals surface area contributed by atoms with Gasteiger partial charge in [0.2, 0.25) is 5.91 Å². The number of nitrogens with one attached hydrogen (secondary N) is 2. The fourth-order valence-corrected chi connectivity index (χ4v) is 4.87. The summed E-state index contributed by atoms with van der Waals surface area (Å²) in [7, 11) is 0. The lowest BCUT2D eigenvalue weighted by Crippen LogP contribution is -2.45. The summed E-state index contributed by atoms with van der Waals surface area (Å²) in [5.74, 6) is 0.365. The number of ketones is 1. The molecule has 2 fully saturated rings. The molecule has 1 aliphatic heterocycles. The van der Waals surface area contributed by atoms with Crippen LogP contribution < -0.4 is 26.4 Å². The third kappa shape index (κ3) is 4.76. The molecule has 2 aromatic rings. The molecule has 7 nitrogen and oxygen atoms in total. The molecular formula is C25H31N3O4. The summed E-state index contributed by atoms with van der Waals surface area (Å²) in [6.45, 7) is 3.87. The topological polar surface area (TPSA) is 95.6 Å². The molecule has 4 rings (SSSR count). The molecule has 0 aromatic heterocycles. The molecule has 0 radical (unpaired) electrons. The fourth-order valence-electron chi connectivity index (χ4n) is 4.87. The van der Waals surface area contributed by atoms with Gasteiger partial charge >= 0.3 is 0 Å². The summed E-state index contributed by atoms with van der Waals surface area (Å²) in [5, 5.41) is 6.21. The average Bonchev–Trinajstić information content (AvgIpc) is 2.82. The van der Waals surface area contributed by atoms with E-state index in [1.54, 1.807) is 24.3 Å². The molecule has 2 aliphatic rings. The third-order valence-electron chi connectivity index (χ3n) is 6.90. The molecule has 1 saturated heterocycles. The van der Waals surface area contributed by atoms with E-state index in [2.05, 4.69) is 15.5 Å². The summed E-state index contributed by atoms with van der Waals surface area (Å²) in [4.78, 5) is 50.2. The predicted octanol–water partition coefficient (Wildman–Crippen LogP) is 3.33. The zero-order valence-corrected chi connectivity index (χ0v) is 18.6. The summed E-state index contributed by atoms with van der Waals surface area (Å²) < 4.78 is 0. The van der Waals surface area contributed by atoms with E-state index in [-0.39, 0.29) is 23.0 Å². The van der Waals surface area contributed by atoms with Crippen LogP contribution >= 0.6 is 0 Å². The largest absolute Gasteiger partial charge is 0.380 e. The molecule has 0 spiro atoms. The monoisotopic (exact) mass is 437 g/mol. The Hall–Kier alpha value is -2.96. The Kier molecular flexibility index (Phi) is 6.72. The molecule has 0 atom stereocenters. The molecular weight excluding hydrogens is 406 g/mol. The van der Waals surface area contributed by atoms with Gasteiger partial charge < -0.3 is 15.5 Å². The van der Waals surface area contributed by atoms with Gasteiger partial charge in [0.05, 0.1) is 0 Å². The van der Waals surface area contributed by atoms with E-state index in [0.29, 0.717) is 35.1 Å². The molecule has 32 heavy (non-hydrogen) atoms. The van der Waals surface area contributed by atoms with Gasteiger partial charge in [0, 0.05) is 36.8 Å². The van der Waals surface area contributed by atoms with Gasteiger partial charge in [-0.25, -0.2) is 0 Å². The molecule has 2 N–H and O–H groups in total. The Morgan fingerprint density at radius 3 is 2.22 bits per heavy atom. The van der Waals surface area contributed by atoms with Gasteiger partial charge in [0.1, 0.15) is 11.4 Å². The van der Waals surface area contributed by atoms with E-state index < -0.39 is 5.43 Å². The van der Waals surface area contributed by atoms with E-state index in [9.17, 15) is 19.2 Å². The first-order chi connectivity index (χ1) is 15.4. The summed E-state index contributed by atoms with van der Waals surface area (Å²) >= 11 is 0. The Morgan fingerprint density at radius 1 is 0.938 bits per heavy atom. The highest BCUT2D eigenvalue weighted by Crippen LogP contribution is 2.31. The lowest BCUT2D eigenvalue weighted by Gasteiger charge is -2.32. The molecule has 1 saturated carbocycles. The van der Waals surface area contributed by atoms with Crippen LogP contribution in [0.5, 0.6) is 0 Å². The normalized spacial score (nSPS) is 21.3. The molecule has 0 bridgehead atoms. The van der Waals surface area contributed by atoms with E-state index in [0.717, 1.165) is 51.6 Å². The maximum atomic E-state index is 12.6.